The maximum absolute atomic E-state index is 11.1. The Bertz CT molecular complexity index is 186. The van der Waals surface area contributed by atoms with E-state index in [1.807, 2.05) is 0 Å². The molecule has 0 aliphatic carbocycles. The van der Waals surface area contributed by atoms with Crippen molar-refractivity contribution < 1.29 is 14.6 Å². The quantitative estimate of drug-likeness (QED) is 0.479. The first kappa shape index (κ1) is 11.2. The number of hydrogen-bond acceptors (Lipinski definition) is 2. The van der Waals surface area contributed by atoms with E-state index in [1.165, 1.54) is 19.9 Å². The first-order chi connectivity index (χ1) is 5.19. The zero-order valence-corrected chi connectivity index (χ0v) is 8.01. The summed E-state index contributed by atoms with van der Waals surface area (Å²) >= 11 is 0. The van der Waals surface area contributed by atoms with Crippen molar-refractivity contribution in [3.05, 3.63) is 12.7 Å². The van der Waals surface area contributed by atoms with Crippen molar-refractivity contribution in [2.45, 2.75) is 38.9 Å². The molecule has 0 saturated carbocycles. The molecule has 0 aliphatic rings. The molecule has 0 bridgehead atoms. The molecule has 1 radical (unpaired) electrons. The fourth-order valence-corrected chi connectivity index (χ4v) is 0.403. The summed E-state index contributed by atoms with van der Waals surface area (Å²) in [7, 11) is 0. The molecule has 3 nitrogen and oxygen atoms in total. The highest BCUT2D eigenvalue weighted by Crippen LogP contribution is 2.15. The van der Waals surface area contributed by atoms with Crippen molar-refractivity contribution in [1.29, 1.82) is 0 Å². The lowest BCUT2D eigenvalue weighted by molar-refractivity contribution is -0.177. The summed E-state index contributed by atoms with van der Waals surface area (Å²) in [5.74, 6) is -0.757. The Morgan fingerprint density at radius 2 is 1.75 bits per heavy atom. The standard InChI is InChI=1S/C9H15O3/c1-6-8(2,3)12-7(10)9(4,5)11/h6H,1H2,2-5H3. The minimum atomic E-state index is -1.69. The predicted octanol–water partition coefficient (Wildman–Crippen LogP) is 1.70. The number of esters is 1. The lowest BCUT2D eigenvalue weighted by atomic mass is 10.1. The molecule has 0 N–H and O–H groups in total. The van der Waals surface area contributed by atoms with Gasteiger partial charge in [-0.1, -0.05) is 6.58 Å². The zero-order valence-electron chi connectivity index (χ0n) is 8.01. The summed E-state index contributed by atoms with van der Waals surface area (Å²) in [5.41, 5.74) is -2.46. The van der Waals surface area contributed by atoms with E-state index < -0.39 is 17.2 Å². The van der Waals surface area contributed by atoms with Gasteiger partial charge >= 0.3 is 5.97 Å². The summed E-state index contributed by atoms with van der Waals surface area (Å²) in [6, 6.07) is 0. The maximum atomic E-state index is 11.1. The second kappa shape index (κ2) is 3.27. The summed E-state index contributed by atoms with van der Waals surface area (Å²) in [6.07, 6.45) is 1.48. The Morgan fingerprint density at radius 1 is 1.33 bits per heavy atom. The van der Waals surface area contributed by atoms with Crippen LogP contribution in [0.25, 0.3) is 0 Å². The Kier molecular flexibility index (Phi) is 3.04. The van der Waals surface area contributed by atoms with Gasteiger partial charge in [0.15, 0.2) is 5.60 Å². The summed E-state index contributed by atoms with van der Waals surface area (Å²) in [4.78, 5) is 11.1. The summed E-state index contributed by atoms with van der Waals surface area (Å²) in [6.45, 7) is 9.37. The van der Waals surface area contributed by atoms with Gasteiger partial charge in [-0.25, -0.2) is 9.90 Å². The van der Waals surface area contributed by atoms with Gasteiger partial charge < -0.3 is 4.74 Å². The normalized spacial score (nSPS) is 12.4. The molecule has 0 amide bonds. The van der Waals surface area contributed by atoms with Crippen LogP contribution in [0.1, 0.15) is 27.7 Å². The molecular formula is C9H15O3. The van der Waals surface area contributed by atoms with Crippen molar-refractivity contribution in [2.24, 2.45) is 0 Å². The molecule has 0 aromatic heterocycles. The number of hydrogen-bond donors (Lipinski definition) is 0. The summed E-state index contributed by atoms with van der Waals surface area (Å²) in [5, 5.41) is 11.1. The smallest absolute Gasteiger partial charge is 0.342 e. The first-order valence-electron chi connectivity index (χ1n) is 3.76. The van der Waals surface area contributed by atoms with E-state index in [4.69, 9.17) is 4.74 Å². The summed E-state index contributed by atoms with van der Waals surface area (Å²) < 4.78 is 4.88. The minimum absolute atomic E-state index is 0.757. The van der Waals surface area contributed by atoms with Crippen LogP contribution in [0.3, 0.4) is 0 Å². The highest BCUT2D eigenvalue weighted by molar-refractivity contribution is 5.78. The molecule has 12 heavy (non-hydrogen) atoms. The topological polar surface area (TPSA) is 46.2 Å². The third kappa shape index (κ3) is 3.53. The number of rotatable bonds is 3. The van der Waals surface area contributed by atoms with E-state index in [0.717, 1.165) is 0 Å². The van der Waals surface area contributed by atoms with Gasteiger partial charge in [0.1, 0.15) is 5.60 Å². The van der Waals surface area contributed by atoms with Crippen LogP contribution in [0, 0.1) is 0 Å². The maximum Gasteiger partial charge on any atom is 0.342 e. The monoisotopic (exact) mass is 171 g/mol. The molecule has 0 fully saturated rings. The van der Waals surface area contributed by atoms with Crippen LogP contribution in [0.4, 0.5) is 0 Å². The van der Waals surface area contributed by atoms with Crippen LogP contribution >= 0.6 is 0 Å². The average molecular weight is 171 g/mol. The molecule has 0 aromatic carbocycles. The highest BCUT2D eigenvalue weighted by atomic mass is 16.6. The van der Waals surface area contributed by atoms with Gasteiger partial charge in [-0.3, -0.25) is 0 Å². The molecule has 0 heterocycles. The number of carbonyl (C=O) groups excluding carboxylic acids is 1. The van der Waals surface area contributed by atoms with Gasteiger partial charge in [0.25, 0.3) is 0 Å². The van der Waals surface area contributed by atoms with Crippen molar-refractivity contribution in [1.82, 2.24) is 0 Å². The SMILES string of the molecule is C=CC(C)(C)OC(=O)C(C)(C)[O]. The second-order valence-corrected chi connectivity index (χ2v) is 3.71. The average Bonchev–Trinajstić information content (AvgIpc) is 1.85. The van der Waals surface area contributed by atoms with E-state index in [0.29, 0.717) is 0 Å². The van der Waals surface area contributed by atoms with Crippen molar-refractivity contribution in [2.75, 3.05) is 0 Å². The van der Waals surface area contributed by atoms with Crippen molar-refractivity contribution in [3.8, 4) is 0 Å². The molecule has 0 saturated heterocycles. The number of carbonyl (C=O) groups is 1. The minimum Gasteiger partial charge on any atom is -0.453 e. The van der Waals surface area contributed by atoms with Crippen LogP contribution < -0.4 is 0 Å². The van der Waals surface area contributed by atoms with Gasteiger partial charge in [0, 0.05) is 0 Å². The first-order valence-corrected chi connectivity index (χ1v) is 3.76. The Balaban J connectivity index is 4.29. The van der Waals surface area contributed by atoms with Gasteiger partial charge in [-0.05, 0) is 33.8 Å². The zero-order chi connectivity index (χ0) is 9.99. The molecule has 0 atom stereocenters. The molecule has 3 heteroatoms. The largest absolute Gasteiger partial charge is 0.453 e. The van der Waals surface area contributed by atoms with E-state index >= 15 is 0 Å². The molecule has 0 aromatic rings. The molecule has 69 valence electrons. The molecule has 0 unspecified atom stereocenters. The Hall–Kier alpha value is -0.830. The van der Waals surface area contributed by atoms with Crippen LogP contribution in [0.15, 0.2) is 12.7 Å². The molecule has 0 spiro atoms. The van der Waals surface area contributed by atoms with Crippen molar-refractivity contribution in [3.63, 3.8) is 0 Å². The predicted molar refractivity (Wildman–Crippen MR) is 45.1 cm³/mol. The second-order valence-electron chi connectivity index (χ2n) is 3.71. The van der Waals surface area contributed by atoms with E-state index in [1.54, 1.807) is 13.8 Å². The molecular weight excluding hydrogens is 156 g/mol. The van der Waals surface area contributed by atoms with Gasteiger partial charge in [0.2, 0.25) is 0 Å². The third-order valence-corrected chi connectivity index (χ3v) is 1.34. The Labute approximate surface area is 73.0 Å². The van der Waals surface area contributed by atoms with Crippen LogP contribution in [0.2, 0.25) is 0 Å². The van der Waals surface area contributed by atoms with Crippen LogP contribution in [-0.4, -0.2) is 17.2 Å². The van der Waals surface area contributed by atoms with Gasteiger partial charge in [-0.15, -0.1) is 0 Å². The molecule has 0 aliphatic heterocycles. The number of ether oxygens (including phenoxy) is 1. The van der Waals surface area contributed by atoms with Gasteiger partial charge in [-0.2, -0.15) is 0 Å². The van der Waals surface area contributed by atoms with Crippen molar-refractivity contribution >= 4 is 5.97 Å². The van der Waals surface area contributed by atoms with Crippen LogP contribution in [-0.2, 0) is 14.6 Å². The van der Waals surface area contributed by atoms with E-state index in [2.05, 4.69) is 6.58 Å². The van der Waals surface area contributed by atoms with E-state index in [9.17, 15) is 9.90 Å². The lowest BCUT2D eigenvalue weighted by Gasteiger charge is -2.24. The highest BCUT2D eigenvalue weighted by Gasteiger charge is 2.32. The molecule has 0 rings (SSSR count). The lowest BCUT2D eigenvalue weighted by Crippen LogP contribution is -2.37. The van der Waals surface area contributed by atoms with Gasteiger partial charge in [0.05, 0.1) is 0 Å². The van der Waals surface area contributed by atoms with E-state index in [-0.39, 0.29) is 0 Å². The third-order valence-electron chi connectivity index (χ3n) is 1.34. The van der Waals surface area contributed by atoms with Crippen LogP contribution in [0.5, 0.6) is 0 Å². The Morgan fingerprint density at radius 3 is 2.00 bits per heavy atom. The fourth-order valence-electron chi connectivity index (χ4n) is 0.403. The fraction of sp³-hybridized carbons (Fsp3) is 0.667.